The Morgan fingerprint density at radius 3 is 2.74 bits per heavy atom. The number of carbonyl (C=O) groups is 2. The zero-order valence-electron chi connectivity index (χ0n) is 11.8. The third-order valence-corrected chi connectivity index (χ3v) is 3.38. The molecule has 1 unspecified atom stereocenters. The minimum atomic E-state index is -0.789. The van der Waals surface area contributed by atoms with Gasteiger partial charge in [0.1, 0.15) is 0 Å². The van der Waals surface area contributed by atoms with Gasteiger partial charge in [0.15, 0.2) is 0 Å². The summed E-state index contributed by atoms with van der Waals surface area (Å²) in [6.07, 6.45) is 0.926. The summed E-state index contributed by atoms with van der Waals surface area (Å²) < 4.78 is 5.26. The fraction of sp³-hybridized carbons (Fsp3) is 0.846. The van der Waals surface area contributed by atoms with E-state index in [1.165, 1.54) is 0 Å². The number of urea groups is 1. The van der Waals surface area contributed by atoms with Gasteiger partial charge in [-0.2, -0.15) is 0 Å². The number of carboxylic acids is 1. The summed E-state index contributed by atoms with van der Waals surface area (Å²) in [7, 11) is 0. The van der Waals surface area contributed by atoms with Crippen LogP contribution >= 0.6 is 0 Å². The van der Waals surface area contributed by atoms with Crippen LogP contribution in [-0.4, -0.2) is 66.3 Å². The molecule has 1 N–H and O–H groups in total. The van der Waals surface area contributed by atoms with Crippen LogP contribution in [0.15, 0.2) is 0 Å². The van der Waals surface area contributed by atoms with Gasteiger partial charge < -0.3 is 19.6 Å². The first-order valence-corrected chi connectivity index (χ1v) is 6.91. The van der Waals surface area contributed by atoms with E-state index in [0.29, 0.717) is 39.4 Å². The number of likely N-dealkylation sites (N-methyl/N-ethyl adjacent to an activating group) is 1. The maximum Gasteiger partial charge on any atom is 0.320 e. The molecule has 1 fully saturated rings. The fourth-order valence-corrected chi connectivity index (χ4v) is 2.33. The van der Waals surface area contributed by atoms with Crippen molar-refractivity contribution in [2.45, 2.75) is 26.7 Å². The highest BCUT2D eigenvalue weighted by molar-refractivity contribution is 5.75. The number of likely N-dealkylation sites (tertiary alicyclic amines) is 1. The lowest BCUT2D eigenvalue weighted by Crippen LogP contribution is -2.43. The third kappa shape index (κ3) is 5.06. The molecular formula is C13H24N2O4. The number of amides is 2. The predicted octanol–water partition coefficient (Wildman–Crippen LogP) is 1.26. The molecule has 1 aliphatic rings. The number of aliphatic carboxylic acids is 1. The highest BCUT2D eigenvalue weighted by atomic mass is 16.5. The van der Waals surface area contributed by atoms with E-state index in [-0.39, 0.29) is 18.4 Å². The molecule has 1 rings (SSSR count). The molecule has 6 nitrogen and oxygen atoms in total. The van der Waals surface area contributed by atoms with Gasteiger partial charge in [-0.15, -0.1) is 0 Å². The lowest BCUT2D eigenvalue weighted by molar-refractivity contribution is -0.138. The largest absolute Gasteiger partial charge is 0.481 e. The maximum atomic E-state index is 12.3. The van der Waals surface area contributed by atoms with Crippen LogP contribution in [0.5, 0.6) is 0 Å². The number of hydrogen-bond donors (Lipinski definition) is 1. The molecule has 0 aliphatic carbocycles. The van der Waals surface area contributed by atoms with Crippen molar-refractivity contribution in [2.75, 3.05) is 39.4 Å². The van der Waals surface area contributed by atoms with E-state index in [9.17, 15) is 9.59 Å². The average Bonchev–Trinajstić information content (AvgIpc) is 2.81. The van der Waals surface area contributed by atoms with Crippen molar-refractivity contribution < 1.29 is 19.4 Å². The first-order valence-electron chi connectivity index (χ1n) is 6.91. The number of carboxylic acid groups (broad SMARTS) is 1. The van der Waals surface area contributed by atoms with Crippen LogP contribution in [0.2, 0.25) is 0 Å². The van der Waals surface area contributed by atoms with Gasteiger partial charge in [-0.1, -0.05) is 0 Å². The Morgan fingerprint density at radius 1 is 1.42 bits per heavy atom. The summed E-state index contributed by atoms with van der Waals surface area (Å²) in [5.41, 5.74) is 0. The number of carbonyl (C=O) groups excluding carboxylic acids is 1. The molecule has 110 valence electrons. The van der Waals surface area contributed by atoms with Crippen molar-refractivity contribution in [1.82, 2.24) is 9.80 Å². The molecule has 0 aromatic carbocycles. The molecule has 0 aromatic heterocycles. The first-order chi connectivity index (χ1) is 9.08. The summed E-state index contributed by atoms with van der Waals surface area (Å²) in [6, 6.07) is -0.00454. The van der Waals surface area contributed by atoms with E-state index in [1.54, 1.807) is 9.80 Å². The van der Waals surface area contributed by atoms with Crippen molar-refractivity contribution in [2.24, 2.45) is 5.92 Å². The lowest BCUT2D eigenvalue weighted by Gasteiger charge is -2.27. The average molecular weight is 272 g/mol. The summed E-state index contributed by atoms with van der Waals surface area (Å²) in [6.45, 7) is 7.50. The Hall–Kier alpha value is -1.30. The number of rotatable bonds is 7. The summed E-state index contributed by atoms with van der Waals surface area (Å²) in [5.74, 6) is -0.699. The maximum absolute atomic E-state index is 12.3. The molecular weight excluding hydrogens is 248 g/mol. The summed E-state index contributed by atoms with van der Waals surface area (Å²) in [4.78, 5) is 26.4. The monoisotopic (exact) mass is 272 g/mol. The SMILES string of the molecule is CCOCCN(CC)C(=O)N1CCC(CC(=O)O)C1. The fourth-order valence-electron chi connectivity index (χ4n) is 2.33. The second kappa shape index (κ2) is 7.99. The van der Waals surface area contributed by atoms with Gasteiger partial charge in [0, 0.05) is 39.2 Å². The Balaban J connectivity index is 2.41. The van der Waals surface area contributed by atoms with E-state index >= 15 is 0 Å². The molecule has 0 bridgehead atoms. The molecule has 0 saturated carbocycles. The van der Waals surface area contributed by atoms with Gasteiger partial charge in [0.25, 0.3) is 0 Å². The van der Waals surface area contributed by atoms with Crippen molar-refractivity contribution in [3.05, 3.63) is 0 Å². The van der Waals surface area contributed by atoms with Crippen LogP contribution in [-0.2, 0) is 9.53 Å². The molecule has 0 spiro atoms. The number of ether oxygens (including phenoxy) is 1. The summed E-state index contributed by atoms with van der Waals surface area (Å²) >= 11 is 0. The molecule has 0 radical (unpaired) electrons. The van der Waals surface area contributed by atoms with Crippen molar-refractivity contribution in [1.29, 1.82) is 0 Å². The molecule has 19 heavy (non-hydrogen) atoms. The molecule has 0 aromatic rings. The van der Waals surface area contributed by atoms with Gasteiger partial charge in [0.2, 0.25) is 0 Å². The van der Waals surface area contributed by atoms with Crippen LogP contribution in [0, 0.1) is 5.92 Å². The van der Waals surface area contributed by atoms with Crippen LogP contribution in [0.1, 0.15) is 26.7 Å². The smallest absolute Gasteiger partial charge is 0.320 e. The second-order valence-electron chi connectivity index (χ2n) is 4.76. The minimum Gasteiger partial charge on any atom is -0.481 e. The number of nitrogens with zero attached hydrogens (tertiary/aromatic N) is 2. The normalized spacial score (nSPS) is 18.6. The van der Waals surface area contributed by atoms with Crippen molar-refractivity contribution in [3.63, 3.8) is 0 Å². The van der Waals surface area contributed by atoms with E-state index in [0.717, 1.165) is 6.42 Å². The topological polar surface area (TPSA) is 70.1 Å². The van der Waals surface area contributed by atoms with Crippen molar-refractivity contribution in [3.8, 4) is 0 Å². The molecule has 1 heterocycles. The lowest BCUT2D eigenvalue weighted by atomic mass is 10.1. The first kappa shape index (κ1) is 15.8. The van der Waals surface area contributed by atoms with Crippen LogP contribution in [0.4, 0.5) is 4.79 Å². The van der Waals surface area contributed by atoms with Gasteiger partial charge in [-0.25, -0.2) is 4.79 Å². The van der Waals surface area contributed by atoms with E-state index in [4.69, 9.17) is 9.84 Å². The molecule has 6 heteroatoms. The Kier molecular flexibility index (Phi) is 6.62. The predicted molar refractivity (Wildman–Crippen MR) is 71.1 cm³/mol. The standard InChI is InChI=1S/C13H24N2O4/c1-3-14(7-8-19-4-2)13(18)15-6-5-11(10-15)9-12(16)17/h11H,3-10H2,1-2H3,(H,16,17). The molecule has 1 atom stereocenters. The van der Waals surface area contributed by atoms with Gasteiger partial charge in [-0.05, 0) is 26.2 Å². The second-order valence-corrected chi connectivity index (χ2v) is 4.76. The minimum absolute atomic E-state index is 0.00454. The van der Waals surface area contributed by atoms with Crippen LogP contribution in [0.3, 0.4) is 0 Å². The van der Waals surface area contributed by atoms with Gasteiger partial charge in [-0.3, -0.25) is 4.79 Å². The highest BCUT2D eigenvalue weighted by Gasteiger charge is 2.29. The zero-order valence-corrected chi connectivity index (χ0v) is 11.8. The number of hydrogen-bond acceptors (Lipinski definition) is 3. The molecule has 2 amide bonds. The van der Waals surface area contributed by atoms with E-state index in [1.807, 2.05) is 13.8 Å². The zero-order chi connectivity index (χ0) is 14.3. The molecule has 1 aliphatic heterocycles. The van der Waals surface area contributed by atoms with Gasteiger partial charge in [0.05, 0.1) is 6.61 Å². The van der Waals surface area contributed by atoms with E-state index < -0.39 is 5.97 Å². The van der Waals surface area contributed by atoms with Crippen molar-refractivity contribution >= 4 is 12.0 Å². The molecule has 1 saturated heterocycles. The van der Waals surface area contributed by atoms with Gasteiger partial charge >= 0.3 is 12.0 Å². The van der Waals surface area contributed by atoms with Crippen LogP contribution in [0.25, 0.3) is 0 Å². The highest BCUT2D eigenvalue weighted by Crippen LogP contribution is 2.20. The third-order valence-electron chi connectivity index (χ3n) is 3.38. The Morgan fingerprint density at radius 2 is 2.16 bits per heavy atom. The Labute approximate surface area is 114 Å². The van der Waals surface area contributed by atoms with Crippen LogP contribution < -0.4 is 0 Å². The van der Waals surface area contributed by atoms with E-state index in [2.05, 4.69) is 0 Å². The quantitative estimate of drug-likeness (QED) is 0.708. The Bertz CT molecular complexity index is 309. The summed E-state index contributed by atoms with van der Waals surface area (Å²) in [5, 5.41) is 8.77.